The molecule has 1 aliphatic heterocycles. The van der Waals surface area contributed by atoms with Crippen LogP contribution in [-0.4, -0.2) is 53.1 Å². The maximum absolute atomic E-state index is 12.4. The smallest absolute Gasteiger partial charge is 0.254 e. The van der Waals surface area contributed by atoms with Gasteiger partial charge in [-0.3, -0.25) is 4.79 Å². The zero-order valence-electron chi connectivity index (χ0n) is 13.1. The van der Waals surface area contributed by atoms with Crippen molar-refractivity contribution in [3.63, 3.8) is 0 Å². The topological polar surface area (TPSA) is 84.9 Å². The fourth-order valence-corrected chi connectivity index (χ4v) is 2.90. The number of benzene rings is 1. The molecule has 0 aromatic heterocycles. The predicted octanol–water partition coefficient (Wildman–Crippen LogP) is 0.839. The molecule has 0 spiro atoms. The molecule has 1 N–H and O–H groups in total. The van der Waals surface area contributed by atoms with Crippen molar-refractivity contribution in [1.29, 1.82) is 0 Å². The second kappa shape index (κ2) is 7.01. The number of carbonyl (C=O) groups is 1. The van der Waals surface area contributed by atoms with Gasteiger partial charge in [-0.1, -0.05) is 6.58 Å². The van der Waals surface area contributed by atoms with Gasteiger partial charge in [0.1, 0.15) is 0 Å². The number of nitrogens with one attached hydrogen (secondary N) is 1. The Morgan fingerprint density at radius 2 is 2.00 bits per heavy atom. The van der Waals surface area contributed by atoms with Crippen molar-refractivity contribution < 1.29 is 22.7 Å². The number of hydrogen-bond donors (Lipinski definition) is 1. The number of nitrogens with zero attached hydrogens (tertiary/aromatic N) is 1. The van der Waals surface area contributed by atoms with E-state index in [-0.39, 0.29) is 11.8 Å². The highest BCUT2D eigenvalue weighted by atomic mass is 32.2. The highest BCUT2D eigenvalue weighted by molar-refractivity contribution is 7.92. The standard InChI is InChI=1S/C15H20N2O5S/c1-4-23(19,20)16-8-11-9-17(10-11)15(18)12-5-6-13(21-2)14(7-12)22-3/h4-7,11,16H,1,8-10H2,2-3H3. The molecule has 0 radical (unpaired) electrons. The van der Waals surface area contributed by atoms with Gasteiger partial charge in [-0.05, 0) is 18.2 Å². The number of methoxy groups -OCH3 is 2. The lowest BCUT2D eigenvalue weighted by Gasteiger charge is -2.39. The number of ether oxygens (including phenoxy) is 2. The van der Waals surface area contributed by atoms with E-state index in [1.807, 2.05) is 0 Å². The summed E-state index contributed by atoms with van der Waals surface area (Å²) in [7, 11) is -0.375. The summed E-state index contributed by atoms with van der Waals surface area (Å²) in [5.41, 5.74) is 0.507. The summed E-state index contributed by atoms with van der Waals surface area (Å²) in [5.74, 6) is 1.04. The van der Waals surface area contributed by atoms with Crippen LogP contribution in [0.15, 0.2) is 30.2 Å². The van der Waals surface area contributed by atoms with Gasteiger partial charge in [-0.25, -0.2) is 13.1 Å². The third-order valence-electron chi connectivity index (χ3n) is 3.67. The number of sulfonamides is 1. The van der Waals surface area contributed by atoms with Crippen molar-refractivity contribution in [2.75, 3.05) is 33.9 Å². The maximum Gasteiger partial charge on any atom is 0.254 e. The lowest BCUT2D eigenvalue weighted by molar-refractivity contribution is 0.0509. The minimum absolute atomic E-state index is 0.105. The van der Waals surface area contributed by atoms with Crippen molar-refractivity contribution in [3.8, 4) is 11.5 Å². The van der Waals surface area contributed by atoms with E-state index in [2.05, 4.69) is 11.3 Å². The molecule has 1 aromatic rings. The molecule has 0 unspecified atom stereocenters. The largest absolute Gasteiger partial charge is 0.493 e. The molecule has 1 heterocycles. The van der Waals surface area contributed by atoms with E-state index in [9.17, 15) is 13.2 Å². The predicted molar refractivity (Wildman–Crippen MR) is 86.1 cm³/mol. The van der Waals surface area contributed by atoms with Crippen LogP contribution >= 0.6 is 0 Å². The summed E-state index contributed by atoms with van der Waals surface area (Å²) in [5, 5.41) is 0.873. The lowest BCUT2D eigenvalue weighted by atomic mass is 9.99. The van der Waals surface area contributed by atoms with Gasteiger partial charge >= 0.3 is 0 Å². The zero-order chi connectivity index (χ0) is 17.0. The molecule has 1 fully saturated rings. The molecule has 1 aromatic carbocycles. The minimum atomic E-state index is -3.42. The van der Waals surface area contributed by atoms with Crippen LogP contribution in [0.5, 0.6) is 11.5 Å². The quantitative estimate of drug-likeness (QED) is 0.795. The average molecular weight is 340 g/mol. The minimum Gasteiger partial charge on any atom is -0.493 e. The van der Waals surface area contributed by atoms with Gasteiger partial charge in [-0.15, -0.1) is 0 Å². The lowest BCUT2D eigenvalue weighted by Crippen LogP contribution is -2.53. The first-order chi connectivity index (χ1) is 10.9. The Bertz CT molecular complexity index is 696. The molecular formula is C15H20N2O5S. The van der Waals surface area contributed by atoms with E-state index in [0.717, 1.165) is 5.41 Å². The molecule has 1 saturated heterocycles. The van der Waals surface area contributed by atoms with E-state index in [0.29, 0.717) is 36.7 Å². The van der Waals surface area contributed by atoms with Crippen LogP contribution in [0.3, 0.4) is 0 Å². The summed E-state index contributed by atoms with van der Waals surface area (Å²) in [6, 6.07) is 4.99. The summed E-state index contributed by atoms with van der Waals surface area (Å²) < 4.78 is 35.3. The third kappa shape index (κ3) is 4.02. The van der Waals surface area contributed by atoms with Crippen LogP contribution in [0.4, 0.5) is 0 Å². The van der Waals surface area contributed by atoms with Crippen LogP contribution in [0, 0.1) is 5.92 Å². The number of carbonyl (C=O) groups excluding carboxylic acids is 1. The van der Waals surface area contributed by atoms with Gasteiger partial charge in [0.05, 0.1) is 14.2 Å². The highest BCUT2D eigenvalue weighted by Crippen LogP contribution is 2.29. The summed E-state index contributed by atoms with van der Waals surface area (Å²) in [6.45, 7) is 4.54. The number of likely N-dealkylation sites (tertiary alicyclic amines) is 1. The van der Waals surface area contributed by atoms with Gasteiger partial charge < -0.3 is 14.4 Å². The Balaban J connectivity index is 1.93. The summed E-state index contributed by atoms with van der Waals surface area (Å²) >= 11 is 0. The van der Waals surface area contributed by atoms with Gasteiger partial charge in [0.2, 0.25) is 10.0 Å². The van der Waals surface area contributed by atoms with Crippen molar-refractivity contribution in [1.82, 2.24) is 9.62 Å². The molecule has 126 valence electrons. The fourth-order valence-electron chi connectivity index (χ4n) is 2.31. The molecule has 0 atom stereocenters. The number of rotatable bonds is 7. The SMILES string of the molecule is C=CS(=O)(=O)NCC1CN(C(=O)c2ccc(OC)c(OC)c2)C1. The Morgan fingerprint density at radius 3 is 2.57 bits per heavy atom. The van der Waals surface area contributed by atoms with E-state index >= 15 is 0 Å². The van der Waals surface area contributed by atoms with Crippen LogP contribution in [0.1, 0.15) is 10.4 Å². The average Bonchev–Trinajstić information content (AvgIpc) is 2.52. The summed E-state index contributed by atoms with van der Waals surface area (Å²) in [4.78, 5) is 14.0. The molecule has 8 heteroatoms. The summed E-state index contributed by atoms with van der Waals surface area (Å²) in [6.07, 6.45) is 0. The first-order valence-electron chi connectivity index (χ1n) is 7.03. The van der Waals surface area contributed by atoms with Crippen molar-refractivity contribution in [2.24, 2.45) is 5.92 Å². The van der Waals surface area contributed by atoms with Crippen molar-refractivity contribution in [2.45, 2.75) is 0 Å². The Hall–Kier alpha value is -2.06. The molecule has 1 amide bonds. The maximum atomic E-state index is 12.4. The van der Waals surface area contributed by atoms with E-state index in [1.54, 1.807) is 23.1 Å². The first kappa shape index (κ1) is 17.3. The number of hydrogen-bond acceptors (Lipinski definition) is 5. The molecule has 23 heavy (non-hydrogen) atoms. The monoisotopic (exact) mass is 340 g/mol. The highest BCUT2D eigenvalue weighted by Gasteiger charge is 2.31. The van der Waals surface area contributed by atoms with Crippen molar-refractivity contribution in [3.05, 3.63) is 35.7 Å². The molecular weight excluding hydrogens is 320 g/mol. The molecule has 1 aliphatic rings. The van der Waals surface area contributed by atoms with Gasteiger partial charge in [0, 0.05) is 36.5 Å². The fraction of sp³-hybridized carbons (Fsp3) is 0.400. The third-order valence-corrected chi connectivity index (χ3v) is 4.68. The van der Waals surface area contributed by atoms with Gasteiger partial charge in [0.15, 0.2) is 11.5 Å². The van der Waals surface area contributed by atoms with Crippen LogP contribution in [0.2, 0.25) is 0 Å². The van der Waals surface area contributed by atoms with E-state index in [4.69, 9.17) is 9.47 Å². The molecule has 0 saturated carbocycles. The van der Waals surface area contributed by atoms with Crippen LogP contribution in [0.25, 0.3) is 0 Å². The second-order valence-corrected chi connectivity index (χ2v) is 6.92. The Kier molecular flexibility index (Phi) is 5.27. The van der Waals surface area contributed by atoms with E-state index < -0.39 is 10.0 Å². The number of amides is 1. The first-order valence-corrected chi connectivity index (χ1v) is 8.58. The Morgan fingerprint density at radius 1 is 1.35 bits per heavy atom. The van der Waals surface area contributed by atoms with E-state index in [1.165, 1.54) is 14.2 Å². The van der Waals surface area contributed by atoms with Crippen LogP contribution in [-0.2, 0) is 10.0 Å². The van der Waals surface area contributed by atoms with Crippen LogP contribution < -0.4 is 14.2 Å². The van der Waals surface area contributed by atoms with Gasteiger partial charge in [0.25, 0.3) is 5.91 Å². The zero-order valence-corrected chi connectivity index (χ0v) is 13.9. The van der Waals surface area contributed by atoms with Crippen molar-refractivity contribution >= 4 is 15.9 Å². The molecule has 0 aliphatic carbocycles. The van der Waals surface area contributed by atoms with Gasteiger partial charge in [-0.2, -0.15) is 0 Å². The molecule has 0 bridgehead atoms. The normalized spacial score (nSPS) is 15.0. The second-order valence-electron chi connectivity index (χ2n) is 5.21. The molecule has 7 nitrogen and oxygen atoms in total. The Labute approximate surface area is 135 Å². The molecule has 2 rings (SSSR count).